The van der Waals surface area contributed by atoms with E-state index >= 15 is 0 Å². The van der Waals surface area contributed by atoms with Gasteiger partial charge >= 0.3 is 0 Å². The van der Waals surface area contributed by atoms with Gasteiger partial charge in [0.05, 0.1) is 0 Å². The van der Waals surface area contributed by atoms with E-state index in [9.17, 15) is 0 Å². The van der Waals surface area contributed by atoms with E-state index in [1.54, 1.807) is 0 Å². The van der Waals surface area contributed by atoms with Crippen LogP contribution in [0.15, 0.2) is 18.2 Å². The van der Waals surface area contributed by atoms with Crippen LogP contribution < -0.4 is 5.73 Å². The fraction of sp³-hybridized carbons (Fsp3) is 0.500. The van der Waals surface area contributed by atoms with E-state index < -0.39 is 0 Å². The standard InChI is InChI=1S/C12H19N/c1-9-5-6-10(8-13)7-11(9)12(2,3)4/h5-7H,8,13H2,1-4H3. The monoisotopic (exact) mass is 177 g/mol. The van der Waals surface area contributed by atoms with Gasteiger partial charge in [-0.1, -0.05) is 39.0 Å². The Labute approximate surface area is 81.0 Å². The number of hydrogen-bond donors (Lipinski definition) is 1. The number of hydrogen-bond acceptors (Lipinski definition) is 1. The van der Waals surface area contributed by atoms with Crippen LogP contribution in [0.2, 0.25) is 0 Å². The van der Waals surface area contributed by atoms with Gasteiger partial charge in [-0.3, -0.25) is 0 Å². The Kier molecular flexibility index (Phi) is 2.77. The first-order chi connectivity index (χ1) is 5.95. The maximum atomic E-state index is 5.61. The third kappa shape index (κ3) is 2.31. The van der Waals surface area contributed by atoms with E-state index in [1.807, 2.05) is 0 Å². The summed E-state index contributed by atoms with van der Waals surface area (Å²) in [6, 6.07) is 6.47. The zero-order chi connectivity index (χ0) is 10.1. The first kappa shape index (κ1) is 10.3. The highest BCUT2D eigenvalue weighted by molar-refractivity contribution is 5.35. The molecule has 0 radical (unpaired) electrons. The van der Waals surface area contributed by atoms with Gasteiger partial charge in [0, 0.05) is 6.54 Å². The number of nitrogens with two attached hydrogens (primary N) is 1. The summed E-state index contributed by atoms with van der Waals surface area (Å²) in [7, 11) is 0. The quantitative estimate of drug-likeness (QED) is 0.701. The van der Waals surface area contributed by atoms with Crippen LogP contribution in [0.25, 0.3) is 0 Å². The third-order valence-corrected chi connectivity index (χ3v) is 2.35. The van der Waals surface area contributed by atoms with Crippen molar-refractivity contribution in [1.82, 2.24) is 0 Å². The molecule has 0 spiro atoms. The molecular weight excluding hydrogens is 158 g/mol. The molecular formula is C12H19N. The van der Waals surface area contributed by atoms with Crippen molar-refractivity contribution in [2.75, 3.05) is 0 Å². The van der Waals surface area contributed by atoms with Gasteiger partial charge in [-0.05, 0) is 29.0 Å². The highest BCUT2D eigenvalue weighted by Gasteiger charge is 2.15. The average Bonchev–Trinajstić information content (AvgIpc) is 2.03. The van der Waals surface area contributed by atoms with E-state index in [0.717, 1.165) is 0 Å². The Bertz CT molecular complexity index is 294. The normalized spacial score (nSPS) is 11.8. The zero-order valence-corrected chi connectivity index (χ0v) is 9.02. The molecule has 0 saturated carbocycles. The maximum Gasteiger partial charge on any atom is 0.0178 e. The molecule has 0 unspecified atom stereocenters. The molecule has 0 aliphatic carbocycles. The summed E-state index contributed by atoms with van der Waals surface area (Å²) in [6.45, 7) is 9.48. The fourth-order valence-corrected chi connectivity index (χ4v) is 1.60. The molecule has 2 N–H and O–H groups in total. The van der Waals surface area contributed by atoms with Gasteiger partial charge in [0.1, 0.15) is 0 Å². The van der Waals surface area contributed by atoms with Crippen molar-refractivity contribution >= 4 is 0 Å². The summed E-state index contributed by atoms with van der Waals surface area (Å²) >= 11 is 0. The van der Waals surface area contributed by atoms with Gasteiger partial charge in [-0.15, -0.1) is 0 Å². The molecule has 0 fully saturated rings. The smallest absolute Gasteiger partial charge is 0.0178 e. The molecule has 0 bridgehead atoms. The average molecular weight is 177 g/mol. The van der Waals surface area contributed by atoms with Crippen LogP contribution in [0, 0.1) is 6.92 Å². The molecule has 0 aliphatic rings. The van der Waals surface area contributed by atoms with Gasteiger partial charge in [0.25, 0.3) is 0 Å². The molecule has 1 rings (SSSR count). The molecule has 0 heterocycles. The van der Waals surface area contributed by atoms with Crippen LogP contribution in [-0.2, 0) is 12.0 Å². The molecule has 1 aromatic rings. The summed E-state index contributed by atoms with van der Waals surface area (Å²) in [4.78, 5) is 0. The largest absolute Gasteiger partial charge is 0.326 e. The van der Waals surface area contributed by atoms with Crippen molar-refractivity contribution in [3.05, 3.63) is 34.9 Å². The summed E-state index contributed by atoms with van der Waals surface area (Å²) in [6.07, 6.45) is 0. The summed E-state index contributed by atoms with van der Waals surface area (Å²) in [5, 5.41) is 0. The lowest BCUT2D eigenvalue weighted by molar-refractivity contribution is 0.585. The first-order valence-corrected chi connectivity index (χ1v) is 4.75. The summed E-state index contributed by atoms with van der Waals surface area (Å²) < 4.78 is 0. The molecule has 0 saturated heterocycles. The van der Waals surface area contributed by atoms with Crippen molar-refractivity contribution in [2.24, 2.45) is 5.73 Å². The van der Waals surface area contributed by atoms with Gasteiger partial charge < -0.3 is 5.73 Å². The van der Waals surface area contributed by atoms with E-state index in [2.05, 4.69) is 45.9 Å². The van der Waals surface area contributed by atoms with Crippen molar-refractivity contribution in [2.45, 2.75) is 39.7 Å². The minimum Gasteiger partial charge on any atom is -0.326 e. The lowest BCUT2D eigenvalue weighted by Gasteiger charge is -2.22. The Hall–Kier alpha value is -0.820. The lowest BCUT2D eigenvalue weighted by Crippen LogP contribution is -2.14. The second-order valence-corrected chi connectivity index (χ2v) is 4.60. The fourth-order valence-electron chi connectivity index (χ4n) is 1.60. The second-order valence-electron chi connectivity index (χ2n) is 4.60. The summed E-state index contributed by atoms with van der Waals surface area (Å²) in [5.74, 6) is 0. The predicted octanol–water partition coefficient (Wildman–Crippen LogP) is 2.75. The zero-order valence-electron chi connectivity index (χ0n) is 9.02. The van der Waals surface area contributed by atoms with Crippen LogP contribution in [0.4, 0.5) is 0 Å². The molecule has 1 aromatic carbocycles. The minimum atomic E-state index is 0.218. The Morgan fingerprint density at radius 1 is 1.23 bits per heavy atom. The minimum absolute atomic E-state index is 0.218. The van der Waals surface area contributed by atoms with Crippen LogP contribution in [0.1, 0.15) is 37.5 Å². The number of benzene rings is 1. The van der Waals surface area contributed by atoms with Crippen molar-refractivity contribution in [1.29, 1.82) is 0 Å². The second kappa shape index (κ2) is 3.51. The molecule has 72 valence electrons. The van der Waals surface area contributed by atoms with Crippen LogP contribution >= 0.6 is 0 Å². The third-order valence-electron chi connectivity index (χ3n) is 2.35. The van der Waals surface area contributed by atoms with Gasteiger partial charge in [-0.2, -0.15) is 0 Å². The van der Waals surface area contributed by atoms with Crippen LogP contribution in [-0.4, -0.2) is 0 Å². The van der Waals surface area contributed by atoms with E-state index in [-0.39, 0.29) is 5.41 Å². The predicted molar refractivity (Wildman–Crippen MR) is 57.8 cm³/mol. The summed E-state index contributed by atoms with van der Waals surface area (Å²) in [5.41, 5.74) is 9.80. The van der Waals surface area contributed by atoms with Crippen LogP contribution in [0.5, 0.6) is 0 Å². The topological polar surface area (TPSA) is 26.0 Å². The van der Waals surface area contributed by atoms with E-state index in [0.29, 0.717) is 6.54 Å². The Balaban J connectivity index is 3.19. The Morgan fingerprint density at radius 2 is 1.85 bits per heavy atom. The van der Waals surface area contributed by atoms with E-state index in [4.69, 9.17) is 5.73 Å². The van der Waals surface area contributed by atoms with Crippen molar-refractivity contribution < 1.29 is 0 Å². The molecule has 13 heavy (non-hydrogen) atoms. The van der Waals surface area contributed by atoms with Gasteiger partial charge in [-0.25, -0.2) is 0 Å². The molecule has 0 aromatic heterocycles. The van der Waals surface area contributed by atoms with Crippen LogP contribution in [0.3, 0.4) is 0 Å². The molecule has 0 aliphatic heterocycles. The van der Waals surface area contributed by atoms with Gasteiger partial charge in [0.15, 0.2) is 0 Å². The number of rotatable bonds is 1. The van der Waals surface area contributed by atoms with Crippen molar-refractivity contribution in [3.63, 3.8) is 0 Å². The highest BCUT2D eigenvalue weighted by atomic mass is 14.5. The number of aryl methyl sites for hydroxylation is 1. The van der Waals surface area contributed by atoms with Crippen molar-refractivity contribution in [3.8, 4) is 0 Å². The Morgan fingerprint density at radius 3 is 2.31 bits per heavy atom. The first-order valence-electron chi connectivity index (χ1n) is 4.75. The maximum absolute atomic E-state index is 5.61. The SMILES string of the molecule is Cc1ccc(CN)cc1C(C)(C)C. The molecule has 1 heteroatoms. The molecule has 1 nitrogen and oxygen atoms in total. The molecule has 0 atom stereocenters. The van der Waals surface area contributed by atoms with E-state index in [1.165, 1.54) is 16.7 Å². The highest BCUT2D eigenvalue weighted by Crippen LogP contribution is 2.26. The van der Waals surface area contributed by atoms with Gasteiger partial charge in [0.2, 0.25) is 0 Å². The lowest BCUT2D eigenvalue weighted by atomic mass is 9.83. The molecule has 0 amide bonds.